The Morgan fingerprint density at radius 3 is 2.41 bits per heavy atom. The van der Waals surface area contributed by atoms with Crippen molar-refractivity contribution in [3.05, 3.63) is 63.6 Å². The third-order valence-electron chi connectivity index (χ3n) is 3.76. The molecule has 0 spiro atoms. The van der Waals surface area contributed by atoms with Crippen molar-refractivity contribution in [1.29, 1.82) is 5.26 Å². The van der Waals surface area contributed by atoms with Crippen molar-refractivity contribution in [2.75, 3.05) is 11.9 Å². The fraction of sp³-hybridized carbons (Fsp3) is 0.200. The number of nitrogens with one attached hydrogen (secondary N) is 2. The summed E-state index contributed by atoms with van der Waals surface area (Å²) in [6.07, 6.45) is -0.156. The number of amides is 2. The predicted molar refractivity (Wildman–Crippen MR) is 108 cm³/mol. The van der Waals surface area contributed by atoms with Crippen molar-refractivity contribution < 1.29 is 19.1 Å². The maximum Gasteiger partial charge on any atom is 0.308 e. The van der Waals surface area contributed by atoms with E-state index in [9.17, 15) is 14.4 Å². The number of nitrogens with zero attached hydrogens (tertiary/aromatic N) is 1. The molecule has 0 aliphatic carbocycles. The van der Waals surface area contributed by atoms with Crippen LogP contribution in [0.4, 0.5) is 5.69 Å². The minimum atomic E-state index is -0.660. The van der Waals surface area contributed by atoms with Gasteiger partial charge >= 0.3 is 5.97 Å². The van der Waals surface area contributed by atoms with Crippen LogP contribution >= 0.6 is 23.2 Å². The van der Waals surface area contributed by atoms with Gasteiger partial charge in [-0.15, -0.1) is 0 Å². The fourth-order valence-electron chi connectivity index (χ4n) is 2.44. The van der Waals surface area contributed by atoms with E-state index in [0.29, 0.717) is 16.3 Å². The lowest BCUT2D eigenvalue weighted by molar-refractivity contribution is -0.148. The molecule has 2 amide bonds. The van der Waals surface area contributed by atoms with Crippen molar-refractivity contribution in [2.24, 2.45) is 0 Å². The van der Waals surface area contributed by atoms with E-state index in [4.69, 9.17) is 33.2 Å². The van der Waals surface area contributed by atoms with E-state index in [1.165, 1.54) is 25.1 Å². The van der Waals surface area contributed by atoms with Crippen LogP contribution in [0.3, 0.4) is 0 Å². The summed E-state index contributed by atoms with van der Waals surface area (Å²) in [5.41, 5.74) is 1.33. The molecule has 0 aliphatic rings. The first-order valence-corrected chi connectivity index (χ1v) is 9.21. The molecule has 9 heteroatoms. The molecule has 2 rings (SSSR count). The summed E-state index contributed by atoms with van der Waals surface area (Å²) in [7, 11) is 0. The van der Waals surface area contributed by atoms with Gasteiger partial charge in [-0.1, -0.05) is 35.3 Å². The number of hydrogen-bond donors (Lipinski definition) is 2. The van der Waals surface area contributed by atoms with Gasteiger partial charge in [-0.3, -0.25) is 14.4 Å². The van der Waals surface area contributed by atoms with E-state index in [1.54, 1.807) is 24.3 Å². The number of esters is 1. The van der Waals surface area contributed by atoms with Gasteiger partial charge in [0.05, 0.1) is 23.0 Å². The van der Waals surface area contributed by atoms with E-state index < -0.39 is 24.5 Å². The van der Waals surface area contributed by atoms with Gasteiger partial charge in [0.15, 0.2) is 6.61 Å². The maximum atomic E-state index is 12.1. The van der Waals surface area contributed by atoms with Crippen molar-refractivity contribution >= 4 is 46.7 Å². The Hall–Kier alpha value is -3.08. The molecule has 7 nitrogen and oxygen atoms in total. The molecule has 0 saturated carbocycles. The predicted octanol–water partition coefficient (Wildman–Crippen LogP) is 3.61. The van der Waals surface area contributed by atoms with Crippen molar-refractivity contribution in [3.63, 3.8) is 0 Å². The second-order valence-electron chi connectivity index (χ2n) is 6.02. The monoisotopic (exact) mass is 433 g/mol. The molecule has 0 radical (unpaired) electrons. The number of halogens is 2. The zero-order valence-electron chi connectivity index (χ0n) is 15.4. The summed E-state index contributed by atoms with van der Waals surface area (Å²) in [4.78, 5) is 35.5. The normalized spacial score (nSPS) is 11.1. The standard InChI is InChI=1S/C20H17Cl2N3O4/c1-12(26)24-18(13-2-5-15(21)6-3-13)9-20(28)29-11-19(27)25-16-7-4-14(10-23)17(22)8-16/h2-8,18H,9,11H2,1H3,(H,24,26)(H,25,27). The lowest BCUT2D eigenvalue weighted by Gasteiger charge is -2.17. The summed E-state index contributed by atoms with van der Waals surface area (Å²) in [5, 5.41) is 14.8. The quantitative estimate of drug-likeness (QED) is 0.648. The van der Waals surface area contributed by atoms with Crippen LogP contribution in [0.15, 0.2) is 42.5 Å². The van der Waals surface area contributed by atoms with Gasteiger partial charge in [-0.2, -0.15) is 5.26 Å². The first-order chi connectivity index (χ1) is 13.8. The third kappa shape index (κ3) is 7.11. The highest BCUT2D eigenvalue weighted by Gasteiger charge is 2.19. The molecule has 1 unspecified atom stereocenters. The number of carbonyl (C=O) groups is 3. The zero-order valence-corrected chi connectivity index (χ0v) is 16.9. The maximum absolute atomic E-state index is 12.1. The average Bonchev–Trinajstić information content (AvgIpc) is 2.66. The van der Waals surface area contributed by atoms with Crippen molar-refractivity contribution in [1.82, 2.24) is 5.32 Å². The topological polar surface area (TPSA) is 108 Å². The highest BCUT2D eigenvalue weighted by Crippen LogP contribution is 2.21. The molecule has 0 bridgehead atoms. The van der Waals surface area contributed by atoms with Gasteiger partial charge < -0.3 is 15.4 Å². The van der Waals surface area contributed by atoms with Gasteiger partial charge in [0.2, 0.25) is 5.91 Å². The summed E-state index contributed by atoms with van der Waals surface area (Å²) in [6, 6.07) is 12.4. The van der Waals surface area contributed by atoms with Crippen LogP contribution in [0.2, 0.25) is 10.0 Å². The molecule has 1 atom stereocenters. The molecule has 0 aliphatic heterocycles. The van der Waals surface area contributed by atoms with E-state index in [0.717, 1.165) is 0 Å². The minimum absolute atomic E-state index is 0.156. The second kappa shape index (κ2) is 10.5. The third-order valence-corrected chi connectivity index (χ3v) is 4.32. The molecular weight excluding hydrogens is 417 g/mol. The summed E-state index contributed by atoms with van der Waals surface area (Å²) in [6.45, 7) is 0.828. The molecule has 29 heavy (non-hydrogen) atoms. The Bertz CT molecular complexity index is 955. The lowest BCUT2D eigenvalue weighted by atomic mass is 10.0. The van der Waals surface area contributed by atoms with E-state index in [-0.39, 0.29) is 22.9 Å². The molecule has 2 N–H and O–H groups in total. The number of benzene rings is 2. The van der Waals surface area contributed by atoms with E-state index in [1.807, 2.05) is 6.07 Å². The van der Waals surface area contributed by atoms with Crippen LogP contribution in [0.1, 0.15) is 30.5 Å². The fourth-order valence-corrected chi connectivity index (χ4v) is 2.79. The number of nitriles is 1. The molecular formula is C20H17Cl2N3O4. The number of anilines is 1. The molecule has 0 heterocycles. The largest absolute Gasteiger partial charge is 0.455 e. The Balaban J connectivity index is 1.91. The van der Waals surface area contributed by atoms with Crippen LogP contribution in [0.5, 0.6) is 0 Å². The van der Waals surface area contributed by atoms with Crippen LogP contribution in [0, 0.1) is 11.3 Å². The SMILES string of the molecule is CC(=O)NC(CC(=O)OCC(=O)Nc1ccc(C#N)c(Cl)c1)c1ccc(Cl)cc1. The zero-order chi connectivity index (χ0) is 21.4. The van der Waals surface area contributed by atoms with Crippen LogP contribution in [0.25, 0.3) is 0 Å². The Morgan fingerprint density at radius 1 is 1.14 bits per heavy atom. The Labute approximate surface area is 177 Å². The van der Waals surface area contributed by atoms with Crippen LogP contribution < -0.4 is 10.6 Å². The van der Waals surface area contributed by atoms with Gasteiger partial charge in [-0.05, 0) is 35.9 Å². The van der Waals surface area contributed by atoms with Gasteiger partial charge in [0, 0.05) is 17.6 Å². The first kappa shape index (κ1) is 22.2. The number of ether oxygens (including phenoxy) is 1. The van der Waals surface area contributed by atoms with Gasteiger partial charge in [0.1, 0.15) is 6.07 Å². The van der Waals surface area contributed by atoms with Gasteiger partial charge in [-0.25, -0.2) is 0 Å². The Kier molecular flexibility index (Phi) is 8.01. The highest BCUT2D eigenvalue weighted by molar-refractivity contribution is 6.32. The van der Waals surface area contributed by atoms with Gasteiger partial charge in [0.25, 0.3) is 5.91 Å². The van der Waals surface area contributed by atoms with Crippen molar-refractivity contribution in [3.8, 4) is 6.07 Å². The number of carbonyl (C=O) groups excluding carboxylic acids is 3. The lowest BCUT2D eigenvalue weighted by Crippen LogP contribution is -2.29. The summed E-state index contributed by atoms with van der Waals surface area (Å²) < 4.78 is 4.99. The number of rotatable bonds is 7. The average molecular weight is 434 g/mol. The highest BCUT2D eigenvalue weighted by atomic mass is 35.5. The molecule has 150 valence electrons. The summed E-state index contributed by atoms with van der Waals surface area (Å²) >= 11 is 11.8. The molecule has 0 fully saturated rings. The van der Waals surface area contributed by atoms with E-state index in [2.05, 4.69) is 10.6 Å². The van der Waals surface area contributed by atoms with Crippen LogP contribution in [-0.2, 0) is 19.1 Å². The Morgan fingerprint density at radius 2 is 1.83 bits per heavy atom. The first-order valence-electron chi connectivity index (χ1n) is 8.46. The number of hydrogen-bond acceptors (Lipinski definition) is 5. The molecule has 2 aromatic carbocycles. The summed E-state index contributed by atoms with van der Waals surface area (Å²) in [5.74, 6) is -1.54. The smallest absolute Gasteiger partial charge is 0.308 e. The molecule has 0 saturated heterocycles. The molecule has 0 aromatic heterocycles. The molecule has 2 aromatic rings. The minimum Gasteiger partial charge on any atom is -0.455 e. The second-order valence-corrected chi connectivity index (χ2v) is 6.87. The van der Waals surface area contributed by atoms with Crippen molar-refractivity contribution in [2.45, 2.75) is 19.4 Å². The van der Waals surface area contributed by atoms with E-state index >= 15 is 0 Å². The van der Waals surface area contributed by atoms with Crippen LogP contribution in [-0.4, -0.2) is 24.4 Å².